The number of aromatic nitrogens is 2. The van der Waals surface area contributed by atoms with Gasteiger partial charge in [-0.05, 0) is 53.6 Å². The third-order valence-corrected chi connectivity index (χ3v) is 4.97. The molecule has 26 heavy (non-hydrogen) atoms. The highest BCUT2D eigenvalue weighted by molar-refractivity contribution is 7.08. The van der Waals surface area contributed by atoms with Crippen molar-refractivity contribution in [3.63, 3.8) is 0 Å². The molecule has 130 valence electrons. The van der Waals surface area contributed by atoms with Gasteiger partial charge in [-0.2, -0.15) is 16.6 Å². The van der Waals surface area contributed by atoms with E-state index in [-0.39, 0.29) is 11.8 Å². The van der Waals surface area contributed by atoms with Gasteiger partial charge >= 0.3 is 0 Å². The van der Waals surface area contributed by atoms with E-state index in [2.05, 4.69) is 16.3 Å². The van der Waals surface area contributed by atoms with Crippen LogP contribution in [0.4, 0.5) is 0 Å². The van der Waals surface area contributed by atoms with Crippen LogP contribution in [0.2, 0.25) is 0 Å². The van der Waals surface area contributed by atoms with Gasteiger partial charge in [-0.15, -0.1) is 5.10 Å². The van der Waals surface area contributed by atoms with Crippen molar-refractivity contribution in [3.8, 4) is 29.0 Å². The first-order valence-electron chi connectivity index (χ1n) is 8.14. The van der Waals surface area contributed by atoms with Crippen LogP contribution < -0.4 is 15.2 Å². The Kier molecular flexibility index (Phi) is 4.11. The Morgan fingerprint density at radius 3 is 2.81 bits per heavy atom. The normalized spacial score (nSPS) is 15.9. The summed E-state index contributed by atoms with van der Waals surface area (Å²) < 4.78 is 11.1. The van der Waals surface area contributed by atoms with Gasteiger partial charge in [0.05, 0.1) is 23.8 Å². The monoisotopic (exact) mass is 364 g/mol. The fraction of sp³-hybridized carbons (Fsp3) is 0.158. The number of nitrogens with two attached hydrogens (primary N) is 1. The second-order valence-corrected chi connectivity index (χ2v) is 6.54. The fourth-order valence-electron chi connectivity index (χ4n) is 3.12. The van der Waals surface area contributed by atoms with Gasteiger partial charge < -0.3 is 15.2 Å². The van der Waals surface area contributed by atoms with Gasteiger partial charge in [-0.3, -0.25) is 5.10 Å². The molecule has 1 atom stereocenters. The standard InChI is InChI=1S/C19H16N4O2S/c1-2-24-13-5-3-11(4-6-13)17-16-15(12-7-8-26-10-12)14(9-20)18(21)25-19(16)23-22-17/h3-8,10,15H,2,21H2,1H3,(H,22,23)/t15-/m0/s1. The summed E-state index contributed by atoms with van der Waals surface area (Å²) in [6.45, 7) is 2.56. The summed E-state index contributed by atoms with van der Waals surface area (Å²) in [5.41, 5.74) is 9.91. The molecule has 0 saturated heterocycles. The van der Waals surface area contributed by atoms with E-state index in [0.29, 0.717) is 18.1 Å². The summed E-state index contributed by atoms with van der Waals surface area (Å²) in [6, 6.07) is 11.9. The third kappa shape index (κ3) is 2.61. The number of rotatable bonds is 4. The molecule has 6 nitrogen and oxygen atoms in total. The number of nitrogens with one attached hydrogen (secondary N) is 1. The summed E-state index contributed by atoms with van der Waals surface area (Å²) in [5, 5.41) is 20.9. The van der Waals surface area contributed by atoms with Crippen LogP contribution in [-0.2, 0) is 0 Å². The molecule has 3 heterocycles. The van der Waals surface area contributed by atoms with Crippen LogP contribution in [0, 0.1) is 11.3 Å². The SMILES string of the molecule is CCOc1ccc(-c2[nH]nc3c2[C@@H](c2ccsc2)C(C#N)=C(N)O3)cc1. The maximum Gasteiger partial charge on any atom is 0.244 e. The number of benzene rings is 1. The number of hydrogen-bond acceptors (Lipinski definition) is 6. The van der Waals surface area contributed by atoms with E-state index in [1.807, 2.05) is 48.0 Å². The predicted octanol–water partition coefficient (Wildman–Crippen LogP) is 3.76. The number of thiophene rings is 1. The Hall–Kier alpha value is -3.24. The second kappa shape index (κ2) is 6.58. The molecule has 2 aromatic heterocycles. The van der Waals surface area contributed by atoms with Gasteiger partial charge in [0, 0.05) is 5.56 Å². The molecule has 0 fully saturated rings. The molecule has 0 unspecified atom stereocenters. The number of H-pyrrole nitrogens is 1. The van der Waals surface area contributed by atoms with E-state index in [0.717, 1.165) is 28.1 Å². The van der Waals surface area contributed by atoms with Crippen molar-refractivity contribution in [1.29, 1.82) is 5.26 Å². The van der Waals surface area contributed by atoms with Crippen LogP contribution in [-0.4, -0.2) is 16.8 Å². The van der Waals surface area contributed by atoms with E-state index in [9.17, 15) is 5.26 Å². The van der Waals surface area contributed by atoms with Crippen molar-refractivity contribution < 1.29 is 9.47 Å². The molecule has 0 spiro atoms. The summed E-state index contributed by atoms with van der Waals surface area (Å²) in [6.07, 6.45) is 0. The Morgan fingerprint density at radius 2 is 2.15 bits per heavy atom. The molecule has 3 aromatic rings. The second-order valence-electron chi connectivity index (χ2n) is 5.76. The van der Waals surface area contributed by atoms with Crippen molar-refractivity contribution in [2.75, 3.05) is 6.61 Å². The zero-order valence-electron chi connectivity index (χ0n) is 14.0. The topological polar surface area (TPSA) is 97.0 Å². The van der Waals surface area contributed by atoms with Crippen LogP contribution in [0.3, 0.4) is 0 Å². The fourth-order valence-corrected chi connectivity index (χ4v) is 3.81. The molecule has 3 N–H and O–H groups in total. The van der Waals surface area contributed by atoms with Crippen LogP contribution in [0.1, 0.15) is 24.0 Å². The molecular formula is C19H16N4O2S. The highest BCUT2D eigenvalue weighted by Gasteiger charge is 2.35. The highest BCUT2D eigenvalue weighted by Crippen LogP contribution is 2.46. The lowest BCUT2D eigenvalue weighted by atomic mass is 9.84. The molecular weight excluding hydrogens is 348 g/mol. The zero-order chi connectivity index (χ0) is 18.1. The Balaban J connectivity index is 1.84. The number of ether oxygens (including phenoxy) is 2. The number of allylic oxidation sites excluding steroid dienone is 1. The highest BCUT2D eigenvalue weighted by atomic mass is 32.1. The van der Waals surface area contributed by atoms with Gasteiger partial charge in [0.1, 0.15) is 17.4 Å². The summed E-state index contributed by atoms with van der Waals surface area (Å²) in [5.74, 6) is 0.995. The molecule has 1 aliphatic heterocycles. The van der Waals surface area contributed by atoms with Crippen molar-refractivity contribution in [1.82, 2.24) is 10.2 Å². The molecule has 0 saturated carbocycles. The molecule has 1 aromatic carbocycles. The Bertz CT molecular complexity index is 997. The minimum absolute atomic E-state index is 0.0981. The van der Waals surface area contributed by atoms with Gasteiger partial charge in [0.15, 0.2) is 0 Å². The summed E-state index contributed by atoms with van der Waals surface area (Å²) >= 11 is 1.57. The number of nitrogens with zero attached hydrogens (tertiary/aromatic N) is 2. The smallest absolute Gasteiger partial charge is 0.244 e. The van der Waals surface area contributed by atoms with E-state index in [1.165, 1.54) is 0 Å². The molecule has 0 amide bonds. The first-order chi connectivity index (χ1) is 12.7. The molecule has 0 radical (unpaired) electrons. The zero-order valence-corrected chi connectivity index (χ0v) is 14.8. The molecule has 1 aliphatic rings. The van der Waals surface area contributed by atoms with E-state index in [1.54, 1.807) is 11.3 Å². The van der Waals surface area contributed by atoms with E-state index >= 15 is 0 Å². The summed E-state index contributed by atoms with van der Waals surface area (Å²) in [7, 11) is 0. The lowest BCUT2D eigenvalue weighted by Crippen LogP contribution is -2.20. The molecule has 0 aliphatic carbocycles. The average Bonchev–Trinajstić information content (AvgIpc) is 3.31. The average molecular weight is 364 g/mol. The van der Waals surface area contributed by atoms with Crippen LogP contribution >= 0.6 is 11.3 Å². The van der Waals surface area contributed by atoms with Crippen molar-refractivity contribution in [2.24, 2.45) is 5.73 Å². The van der Waals surface area contributed by atoms with Gasteiger partial charge in [0.2, 0.25) is 11.8 Å². The summed E-state index contributed by atoms with van der Waals surface area (Å²) in [4.78, 5) is 0. The number of hydrogen-bond donors (Lipinski definition) is 2. The van der Waals surface area contributed by atoms with Gasteiger partial charge in [-0.1, -0.05) is 0 Å². The van der Waals surface area contributed by atoms with Crippen LogP contribution in [0.5, 0.6) is 11.6 Å². The Labute approximate surface area is 154 Å². The third-order valence-electron chi connectivity index (χ3n) is 4.27. The first-order valence-corrected chi connectivity index (χ1v) is 9.08. The van der Waals surface area contributed by atoms with Gasteiger partial charge in [0.25, 0.3) is 0 Å². The number of nitriles is 1. The maximum absolute atomic E-state index is 9.64. The number of fused-ring (bicyclic) bond motifs is 1. The Morgan fingerprint density at radius 1 is 1.35 bits per heavy atom. The molecule has 7 heteroatoms. The van der Waals surface area contributed by atoms with Crippen LogP contribution in [0.25, 0.3) is 11.3 Å². The van der Waals surface area contributed by atoms with Gasteiger partial charge in [-0.25, -0.2) is 0 Å². The minimum Gasteiger partial charge on any atom is -0.494 e. The van der Waals surface area contributed by atoms with Crippen molar-refractivity contribution in [3.05, 3.63) is 63.7 Å². The largest absolute Gasteiger partial charge is 0.494 e. The molecule has 0 bridgehead atoms. The molecule has 4 rings (SSSR count). The predicted molar refractivity (Wildman–Crippen MR) is 98.8 cm³/mol. The van der Waals surface area contributed by atoms with E-state index < -0.39 is 0 Å². The lowest BCUT2D eigenvalue weighted by molar-refractivity contribution is 0.340. The van der Waals surface area contributed by atoms with Crippen LogP contribution in [0.15, 0.2) is 52.5 Å². The maximum atomic E-state index is 9.64. The van der Waals surface area contributed by atoms with Crippen molar-refractivity contribution >= 4 is 11.3 Å². The number of aromatic amines is 1. The van der Waals surface area contributed by atoms with Crippen molar-refractivity contribution in [2.45, 2.75) is 12.8 Å². The quantitative estimate of drug-likeness (QED) is 0.735. The lowest BCUT2D eigenvalue weighted by Gasteiger charge is -2.23. The first kappa shape index (κ1) is 16.2. The minimum atomic E-state index is -0.310. The van der Waals surface area contributed by atoms with E-state index in [4.69, 9.17) is 15.2 Å².